The van der Waals surface area contributed by atoms with Gasteiger partial charge in [-0.05, 0) is 30.3 Å². The SMILES string of the molecule is O=[N+]([O-])c1ccc(F)cc1OCc1csc(-c2ccc(F)cc2)n1. The Kier molecular flexibility index (Phi) is 4.48. The standard InChI is InChI=1S/C16H10F2N2O3S/c17-11-3-1-10(2-4-11)16-19-13(9-24-16)8-23-15-7-12(18)5-6-14(15)20(21)22/h1-7,9H,8H2. The Hall–Kier alpha value is -2.87. The van der Waals surface area contributed by atoms with Gasteiger partial charge in [0.1, 0.15) is 23.2 Å². The van der Waals surface area contributed by atoms with E-state index in [1.54, 1.807) is 17.5 Å². The minimum absolute atomic E-state index is 0.0397. The average Bonchev–Trinajstić information content (AvgIpc) is 3.02. The Morgan fingerprint density at radius 3 is 2.54 bits per heavy atom. The maximum atomic E-state index is 13.2. The summed E-state index contributed by atoms with van der Waals surface area (Å²) in [5.74, 6) is -1.12. The number of benzene rings is 2. The molecular formula is C16H10F2N2O3S. The predicted molar refractivity (Wildman–Crippen MR) is 84.9 cm³/mol. The summed E-state index contributed by atoms with van der Waals surface area (Å²) in [6.45, 7) is -0.0397. The summed E-state index contributed by atoms with van der Waals surface area (Å²) in [4.78, 5) is 14.6. The van der Waals surface area contributed by atoms with E-state index in [1.165, 1.54) is 23.5 Å². The van der Waals surface area contributed by atoms with E-state index in [2.05, 4.69) is 4.98 Å². The van der Waals surface area contributed by atoms with Gasteiger partial charge in [-0.15, -0.1) is 11.3 Å². The second-order valence-electron chi connectivity index (χ2n) is 4.81. The fourth-order valence-electron chi connectivity index (χ4n) is 2.00. The number of thiazole rings is 1. The van der Waals surface area contributed by atoms with E-state index in [1.807, 2.05) is 0 Å². The first-order valence-electron chi connectivity index (χ1n) is 6.80. The minimum Gasteiger partial charge on any atom is -0.480 e. The molecule has 0 unspecified atom stereocenters. The Morgan fingerprint density at radius 1 is 1.12 bits per heavy atom. The van der Waals surface area contributed by atoms with Gasteiger partial charge in [0.05, 0.1) is 10.6 Å². The zero-order valence-electron chi connectivity index (χ0n) is 12.1. The van der Waals surface area contributed by atoms with Gasteiger partial charge in [0.25, 0.3) is 0 Å². The highest BCUT2D eigenvalue weighted by atomic mass is 32.1. The molecule has 2 aromatic carbocycles. The van der Waals surface area contributed by atoms with Crippen molar-refractivity contribution in [3.05, 3.63) is 75.3 Å². The highest BCUT2D eigenvalue weighted by Gasteiger charge is 2.16. The van der Waals surface area contributed by atoms with Gasteiger partial charge in [0.15, 0.2) is 5.75 Å². The van der Waals surface area contributed by atoms with Crippen LogP contribution in [0.2, 0.25) is 0 Å². The molecule has 24 heavy (non-hydrogen) atoms. The largest absolute Gasteiger partial charge is 0.480 e. The first-order chi connectivity index (χ1) is 11.5. The summed E-state index contributed by atoms with van der Waals surface area (Å²) in [6.07, 6.45) is 0. The molecular weight excluding hydrogens is 338 g/mol. The molecule has 0 atom stereocenters. The Morgan fingerprint density at radius 2 is 1.83 bits per heavy atom. The Bertz CT molecular complexity index is 881. The number of halogens is 2. The molecule has 0 bridgehead atoms. The van der Waals surface area contributed by atoms with E-state index in [9.17, 15) is 18.9 Å². The highest BCUT2D eigenvalue weighted by Crippen LogP contribution is 2.29. The normalized spacial score (nSPS) is 10.6. The van der Waals surface area contributed by atoms with Crippen LogP contribution in [0.3, 0.4) is 0 Å². The van der Waals surface area contributed by atoms with Crippen LogP contribution in [0.25, 0.3) is 10.6 Å². The van der Waals surface area contributed by atoms with Crippen molar-refractivity contribution < 1.29 is 18.4 Å². The van der Waals surface area contributed by atoms with Crippen LogP contribution >= 0.6 is 11.3 Å². The second kappa shape index (κ2) is 6.71. The number of hydrogen-bond acceptors (Lipinski definition) is 5. The number of nitro benzene ring substituents is 1. The first-order valence-corrected chi connectivity index (χ1v) is 7.68. The summed E-state index contributed by atoms with van der Waals surface area (Å²) >= 11 is 1.34. The van der Waals surface area contributed by atoms with Crippen molar-refractivity contribution >= 4 is 17.0 Å². The monoisotopic (exact) mass is 348 g/mol. The topological polar surface area (TPSA) is 65.3 Å². The molecule has 0 spiro atoms. The third-order valence-corrected chi connectivity index (χ3v) is 4.08. The molecule has 3 rings (SSSR count). The maximum absolute atomic E-state index is 13.2. The van der Waals surface area contributed by atoms with Crippen molar-refractivity contribution in [2.75, 3.05) is 0 Å². The summed E-state index contributed by atoms with van der Waals surface area (Å²) in [6, 6.07) is 8.90. The van der Waals surface area contributed by atoms with Gasteiger partial charge in [0.2, 0.25) is 0 Å². The lowest BCUT2D eigenvalue weighted by atomic mass is 10.2. The van der Waals surface area contributed by atoms with Crippen molar-refractivity contribution in [3.63, 3.8) is 0 Å². The van der Waals surface area contributed by atoms with Gasteiger partial charge in [-0.3, -0.25) is 10.1 Å². The van der Waals surface area contributed by atoms with Crippen LogP contribution in [0.5, 0.6) is 5.75 Å². The molecule has 0 aliphatic heterocycles. The van der Waals surface area contributed by atoms with Crippen LogP contribution in [0.15, 0.2) is 47.8 Å². The van der Waals surface area contributed by atoms with E-state index >= 15 is 0 Å². The van der Waals surface area contributed by atoms with Crippen molar-refractivity contribution in [2.24, 2.45) is 0 Å². The Labute approximate surface area is 139 Å². The summed E-state index contributed by atoms with van der Waals surface area (Å²) in [5.41, 5.74) is 0.979. The Balaban J connectivity index is 1.75. The third kappa shape index (κ3) is 3.54. The molecule has 0 amide bonds. The summed E-state index contributed by atoms with van der Waals surface area (Å²) in [5, 5.41) is 13.3. The molecule has 0 saturated carbocycles. The van der Waals surface area contributed by atoms with E-state index in [4.69, 9.17) is 4.74 Å². The van der Waals surface area contributed by atoms with Crippen molar-refractivity contribution in [1.82, 2.24) is 4.98 Å². The molecule has 0 aliphatic rings. The van der Waals surface area contributed by atoms with Crippen LogP contribution in [-0.2, 0) is 6.61 Å². The predicted octanol–water partition coefficient (Wildman–Crippen LogP) is 4.58. The molecule has 0 saturated heterocycles. The van der Waals surface area contributed by atoms with Crippen LogP contribution in [0.4, 0.5) is 14.5 Å². The van der Waals surface area contributed by atoms with Crippen molar-refractivity contribution in [2.45, 2.75) is 6.61 Å². The number of rotatable bonds is 5. The molecule has 0 radical (unpaired) electrons. The highest BCUT2D eigenvalue weighted by molar-refractivity contribution is 7.13. The van der Waals surface area contributed by atoms with Gasteiger partial charge < -0.3 is 4.74 Å². The van der Waals surface area contributed by atoms with Gasteiger partial charge in [-0.2, -0.15) is 0 Å². The fraction of sp³-hybridized carbons (Fsp3) is 0.0625. The van der Waals surface area contributed by atoms with Crippen LogP contribution < -0.4 is 4.74 Å². The molecule has 3 aromatic rings. The molecule has 8 heteroatoms. The summed E-state index contributed by atoms with van der Waals surface area (Å²) < 4.78 is 31.5. The number of aromatic nitrogens is 1. The summed E-state index contributed by atoms with van der Waals surface area (Å²) in [7, 11) is 0. The number of nitrogens with zero attached hydrogens (tertiary/aromatic N) is 2. The number of hydrogen-bond donors (Lipinski definition) is 0. The fourth-order valence-corrected chi connectivity index (χ4v) is 2.81. The number of nitro groups is 1. The minimum atomic E-state index is -0.639. The van der Waals surface area contributed by atoms with Crippen molar-refractivity contribution in [1.29, 1.82) is 0 Å². The van der Waals surface area contributed by atoms with E-state index in [0.29, 0.717) is 10.7 Å². The average molecular weight is 348 g/mol. The molecule has 0 N–H and O–H groups in total. The van der Waals surface area contributed by atoms with Gasteiger partial charge in [-0.25, -0.2) is 13.8 Å². The van der Waals surface area contributed by atoms with Crippen LogP contribution in [-0.4, -0.2) is 9.91 Å². The quantitative estimate of drug-likeness (QED) is 0.500. The molecule has 1 aromatic heterocycles. The van der Waals surface area contributed by atoms with Crippen LogP contribution in [0.1, 0.15) is 5.69 Å². The molecule has 0 fully saturated rings. The molecule has 0 aliphatic carbocycles. The van der Waals surface area contributed by atoms with Gasteiger partial charge in [-0.1, -0.05) is 0 Å². The van der Waals surface area contributed by atoms with E-state index < -0.39 is 10.7 Å². The second-order valence-corrected chi connectivity index (χ2v) is 5.67. The van der Waals surface area contributed by atoms with Crippen molar-refractivity contribution in [3.8, 4) is 16.3 Å². The lowest BCUT2D eigenvalue weighted by molar-refractivity contribution is -0.386. The molecule has 122 valence electrons. The molecule has 1 heterocycles. The zero-order valence-corrected chi connectivity index (χ0v) is 12.9. The van der Waals surface area contributed by atoms with E-state index in [-0.39, 0.29) is 23.9 Å². The smallest absolute Gasteiger partial charge is 0.311 e. The molecule has 5 nitrogen and oxygen atoms in total. The lowest BCUT2D eigenvalue weighted by Gasteiger charge is -2.05. The third-order valence-electron chi connectivity index (χ3n) is 3.14. The lowest BCUT2D eigenvalue weighted by Crippen LogP contribution is -2.00. The van der Waals surface area contributed by atoms with Crippen LogP contribution in [0, 0.1) is 21.7 Å². The van der Waals surface area contributed by atoms with Gasteiger partial charge in [0, 0.05) is 23.1 Å². The zero-order chi connectivity index (χ0) is 17.1. The van der Waals surface area contributed by atoms with E-state index in [0.717, 1.165) is 23.8 Å². The van der Waals surface area contributed by atoms with Gasteiger partial charge >= 0.3 is 5.69 Å². The number of ether oxygens (including phenoxy) is 1. The first kappa shape index (κ1) is 16.0. The maximum Gasteiger partial charge on any atom is 0.311 e.